The second-order valence-corrected chi connectivity index (χ2v) is 5.44. The highest BCUT2D eigenvalue weighted by Gasteiger charge is 2.18. The molecule has 0 amide bonds. The average molecular weight is 275 g/mol. The van der Waals surface area contributed by atoms with Gasteiger partial charge in [0, 0.05) is 56.3 Å². The molecule has 2 aromatic rings. The Balaban J connectivity index is 1.75. The molecule has 100 valence electrons. The second kappa shape index (κ2) is 4.86. The zero-order chi connectivity index (χ0) is 13.4. The molecule has 0 unspecified atom stereocenters. The van der Waals surface area contributed by atoms with Gasteiger partial charge in [-0.25, -0.2) is 4.98 Å². The lowest BCUT2D eigenvalue weighted by Crippen LogP contribution is -2.31. The fourth-order valence-corrected chi connectivity index (χ4v) is 2.66. The summed E-state index contributed by atoms with van der Waals surface area (Å²) in [4.78, 5) is 9.74. The molecule has 2 aromatic heterocycles. The number of fused-ring (bicyclic) bond motifs is 1. The Morgan fingerprint density at radius 2 is 2.32 bits per heavy atom. The van der Waals surface area contributed by atoms with Gasteiger partial charge in [0.25, 0.3) is 0 Å². The van der Waals surface area contributed by atoms with Crippen LogP contribution in [0.5, 0.6) is 0 Å². The highest BCUT2D eigenvalue weighted by Crippen LogP contribution is 2.17. The molecule has 1 N–H and O–H groups in total. The summed E-state index contributed by atoms with van der Waals surface area (Å²) in [5.74, 6) is 0. The second-order valence-electron chi connectivity index (χ2n) is 5.05. The van der Waals surface area contributed by atoms with E-state index >= 15 is 0 Å². The molecular weight excluding hydrogens is 258 g/mol. The summed E-state index contributed by atoms with van der Waals surface area (Å²) in [6.45, 7) is 4.89. The standard InChI is InChI=1S/C13H17N5S/c1-9-5-11(16-17(9)2)8-18-4-3-12-10(7-18)6-14-13(19)15-12/h5-6H,3-4,7-8H2,1-2H3,(H,14,15,19). The van der Waals surface area contributed by atoms with Crippen molar-refractivity contribution in [2.75, 3.05) is 6.54 Å². The number of nitrogens with zero attached hydrogens (tertiary/aromatic N) is 4. The fraction of sp³-hybridized carbons (Fsp3) is 0.462. The monoisotopic (exact) mass is 275 g/mol. The Morgan fingerprint density at radius 1 is 1.47 bits per heavy atom. The molecule has 1 aliphatic rings. The van der Waals surface area contributed by atoms with Crippen molar-refractivity contribution >= 4 is 12.2 Å². The minimum Gasteiger partial charge on any atom is -0.334 e. The van der Waals surface area contributed by atoms with Crippen LogP contribution in [0.15, 0.2) is 12.3 Å². The zero-order valence-electron chi connectivity index (χ0n) is 11.2. The summed E-state index contributed by atoms with van der Waals surface area (Å²) in [6.07, 6.45) is 2.89. The van der Waals surface area contributed by atoms with Gasteiger partial charge in [-0.2, -0.15) is 5.10 Å². The van der Waals surface area contributed by atoms with Gasteiger partial charge in [-0.15, -0.1) is 0 Å². The average Bonchev–Trinajstić information content (AvgIpc) is 2.68. The van der Waals surface area contributed by atoms with Crippen LogP contribution in [0.2, 0.25) is 0 Å². The molecule has 0 spiro atoms. The summed E-state index contributed by atoms with van der Waals surface area (Å²) in [7, 11) is 1.98. The third-order valence-electron chi connectivity index (χ3n) is 3.61. The molecule has 0 fully saturated rings. The minimum absolute atomic E-state index is 0.576. The van der Waals surface area contributed by atoms with E-state index in [1.54, 1.807) is 0 Å². The van der Waals surface area contributed by atoms with Crippen LogP contribution in [-0.4, -0.2) is 31.2 Å². The van der Waals surface area contributed by atoms with Crippen LogP contribution >= 0.6 is 12.2 Å². The van der Waals surface area contributed by atoms with Gasteiger partial charge < -0.3 is 4.98 Å². The summed E-state index contributed by atoms with van der Waals surface area (Å²) < 4.78 is 2.50. The van der Waals surface area contributed by atoms with Crippen LogP contribution in [0.1, 0.15) is 22.6 Å². The number of hydrogen-bond acceptors (Lipinski definition) is 4. The number of aryl methyl sites for hydroxylation is 2. The van der Waals surface area contributed by atoms with E-state index in [-0.39, 0.29) is 0 Å². The van der Waals surface area contributed by atoms with Gasteiger partial charge in [0.05, 0.1) is 5.69 Å². The van der Waals surface area contributed by atoms with Crippen molar-refractivity contribution in [3.05, 3.63) is 39.7 Å². The molecule has 5 nitrogen and oxygen atoms in total. The van der Waals surface area contributed by atoms with Crippen molar-refractivity contribution in [1.29, 1.82) is 0 Å². The molecule has 0 saturated carbocycles. The van der Waals surface area contributed by atoms with Gasteiger partial charge in [-0.05, 0) is 25.2 Å². The lowest BCUT2D eigenvalue weighted by molar-refractivity contribution is 0.239. The molecule has 0 atom stereocenters. The molecular formula is C13H17N5S. The van der Waals surface area contributed by atoms with E-state index in [9.17, 15) is 0 Å². The van der Waals surface area contributed by atoms with Crippen molar-refractivity contribution < 1.29 is 0 Å². The van der Waals surface area contributed by atoms with Gasteiger partial charge in [-0.1, -0.05) is 0 Å². The maximum atomic E-state index is 5.06. The van der Waals surface area contributed by atoms with Gasteiger partial charge in [0.1, 0.15) is 0 Å². The van der Waals surface area contributed by atoms with E-state index in [0.717, 1.165) is 31.7 Å². The van der Waals surface area contributed by atoms with Crippen LogP contribution in [0.25, 0.3) is 0 Å². The summed E-state index contributed by atoms with van der Waals surface area (Å²) in [5, 5.41) is 4.51. The lowest BCUT2D eigenvalue weighted by atomic mass is 10.1. The highest BCUT2D eigenvalue weighted by atomic mass is 32.1. The number of hydrogen-bond donors (Lipinski definition) is 1. The Hall–Kier alpha value is -1.53. The maximum Gasteiger partial charge on any atom is 0.196 e. The number of aromatic amines is 1. The summed E-state index contributed by atoms with van der Waals surface area (Å²) in [6, 6.07) is 2.15. The number of H-pyrrole nitrogens is 1. The predicted octanol–water partition coefficient (Wildman–Crippen LogP) is 1.74. The van der Waals surface area contributed by atoms with Crippen LogP contribution in [-0.2, 0) is 26.6 Å². The molecule has 0 bridgehead atoms. The first-order valence-electron chi connectivity index (χ1n) is 6.41. The zero-order valence-corrected chi connectivity index (χ0v) is 12.0. The molecule has 3 heterocycles. The maximum absolute atomic E-state index is 5.06. The normalized spacial score (nSPS) is 15.5. The van der Waals surface area contributed by atoms with Crippen LogP contribution in [0, 0.1) is 11.7 Å². The Kier molecular flexibility index (Phi) is 3.20. The highest BCUT2D eigenvalue weighted by molar-refractivity contribution is 7.71. The smallest absolute Gasteiger partial charge is 0.196 e. The molecule has 3 rings (SSSR count). The molecule has 0 aromatic carbocycles. The van der Waals surface area contributed by atoms with E-state index in [1.807, 2.05) is 17.9 Å². The molecule has 6 heteroatoms. The molecule has 0 saturated heterocycles. The molecule has 19 heavy (non-hydrogen) atoms. The van der Waals surface area contributed by atoms with Crippen LogP contribution in [0.4, 0.5) is 0 Å². The predicted molar refractivity (Wildman–Crippen MR) is 75.2 cm³/mol. The van der Waals surface area contributed by atoms with Crippen molar-refractivity contribution in [2.24, 2.45) is 7.05 Å². The lowest BCUT2D eigenvalue weighted by Gasteiger charge is -2.27. The van der Waals surface area contributed by atoms with Gasteiger partial charge in [-0.3, -0.25) is 9.58 Å². The molecule has 0 aliphatic carbocycles. The van der Waals surface area contributed by atoms with Crippen molar-refractivity contribution in [1.82, 2.24) is 24.6 Å². The van der Waals surface area contributed by atoms with Crippen LogP contribution in [0.3, 0.4) is 0 Å². The van der Waals surface area contributed by atoms with Gasteiger partial charge in [0.15, 0.2) is 4.77 Å². The van der Waals surface area contributed by atoms with Crippen molar-refractivity contribution in [3.63, 3.8) is 0 Å². The summed E-state index contributed by atoms with van der Waals surface area (Å²) in [5.41, 5.74) is 4.79. The van der Waals surface area contributed by atoms with Crippen LogP contribution < -0.4 is 0 Å². The number of aromatic nitrogens is 4. The number of rotatable bonds is 2. The Morgan fingerprint density at radius 3 is 3.05 bits per heavy atom. The van der Waals surface area contributed by atoms with Gasteiger partial charge >= 0.3 is 0 Å². The molecule has 0 radical (unpaired) electrons. The third-order valence-corrected chi connectivity index (χ3v) is 3.81. The first kappa shape index (κ1) is 12.5. The van der Waals surface area contributed by atoms with E-state index < -0.39 is 0 Å². The Labute approximate surface area is 117 Å². The first-order chi connectivity index (χ1) is 9.11. The van der Waals surface area contributed by atoms with Crippen molar-refractivity contribution in [2.45, 2.75) is 26.4 Å². The van der Waals surface area contributed by atoms with Crippen molar-refractivity contribution in [3.8, 4) is 0 Å². The van der Waals surface area contributed by atoms with E-state index in [0.29, 0.717) is 4.77 Å². The topological polar surface area (TPSA) is 49.7 Å². The van der Waals surface area contributed by atoms with E-state index in [4.69, 9.17) is 12.2 Å². The minimum atomic E-state index is 0.576. The third kappa shape index (κ3) is 2.59. The van der Waals surface area contributed by atoms with E-state index in [2.05, 4.69) is 33.0 Å². The molecule has 1 aliphatic heterocycles. The fourth-order valence-electron chi connectivity index (χ4n) is 2.48. The first-order valence-corrected chi connectivity index (χ1v) is 6.81. The quantitative estimate of drug-likeness (QED) is 0.848. The Bertz CT molecular complexity index is 638. The van der Waals surface area contributed by atoms with Gasteiger partial charge in [0.2, 0.25) is 0 Å². The summed E-state index contributed by atoms with van der Waals surface area (Å²) >= 11 is 5.06. The SMILES string of the molecule is Cc1cc(CN2CCc3[nH]c(=S)ncc3C2)nn1C. The number of nitrogens with one attached hydrogen (secondary N) is 1. The largest absolute Gasteiger partial charge is 0.334 e. The van der Waals surface area contributed by atoms with E-state index in [1.165, 1.54) is 17.0 Å².